The third-order valence-electron chi connectivity index (χ3n) is 5.11. The molecule has 0 bridgehead atoms. The normalized spacial score (nSPS) is 25.8. The fourth-order valence-electron chi connectivity index (χ4n) is 3.36. The van der Waals surface area contributed by atoms with Crippen LogP contribution in [0.4, 0.5) is 0 Å². The van der Waals surface area contributed by atoms with Gasteiger partial charge in [-0.2, -0.15) is 0 Å². The predicted octanol–water partition coefficient (Wildman–Crippen LogP) is 3.22. The number of cyclic esters (lactones) is 1. The molecule has 28 heavy (non-hydrogen) atoms. The Bertz CT molecular complexity index is 772. The van der Waals surface area contributed by atoms with Crippen LogP contribution >= 0.6 is 0 Å². The van der Waals surface area contributed by atoms with Crippen molar-refractivity contribution in [1.29, 1.82) is 0 Å². The molecule has 1 heterocycles. The summed E-state index contributed by atoms with van der Waals surface area (Å²) in [7, 11) is 0. The van der Waals surface area contributed by atoms with E-state index in [0.717, 1.165) is 29.9 Å². The number of benzene rings is 2. The van der Waals surface area contributed by atoms with Crippen LogP contribution in [0.5, 0.6) is 11.5 Å². The summed E-state index contributed by atoms with van der Waals surface area (Å²) < 4.78 is 18.3. The summed E-state index contributed by atoms with van der Waals surface area (Å²) in [5.74, 6) is 1.25. The van der Waals surface area contributed by atoms with E-state index in [2.05, 4.69) is 5.73 Å². The number of hydrogen-bond donors (Lipinski definition) is 1. The first-order chi connectivity index (χ1) is 13.4. The van der Waals surface area contributed by atoms with Crippen LogP contribution in [0.2, 0.25) is 0 Å². The van der Waals surface area contributed by atoms with Crippen LogP contribution in [-0.4, -0.2) is 30.3 Å². The summed E-state index contributed by atoms with van der Waals surface area (Å²) in [5.41, 5.74) is 6.28. The molecule has 0 spiro atoms. The molecule has 0 saturated carbocycles. The Labute approximate surface area is 166 Å². The van der Waals surface area contributed by atoms with Gasteiger partial charge in [-0.25, -0.2) is 4.79 Å². The van der Waals surface area contributed by atoms with Crippen molar-refractivity contribution in [3.8, 4) is 11.5 Å². The van der Waals surface area contributed by atoms with E-state index < -0.39 is 12.2 Å². The maximum Gasteiger partial charge on any atom is 0.365 e. The second kappa shape index (κ2) is 9.11. The summed E-state index contributed by atoms with van der Waals surface area (Å²) in [6, 6.07) is 15.5. The second-order valence-electron chi connectivity index (χ2n) is 7.63. The van der Waals surface area contributed by atoms with Gasteiger partial charge in [0.25, 0.3) is 0 Å². The summed E-state index contributed by atoms with van der Waals surface area (Å²) in [5, 5.41) is 0. The summed E-state index contributed by atoms with van der Waals surface area (Å²) >= 11 is 0. The number of quaternary nitrogens is 1. The van der Waals surface area contributed by atoms with Gasteiger partial charge < -0.3 is 19.9 Å². The SMILES string of the molecule is Cc1ccc(O[C@H]2[C@H](C)OC(=O)[C@@H]([NH3+])CCC[C@@H]2Oc2ccc(C)cc2)cc1. The molecule has 5 heteroatoms. The molecule has 5 nitrogen and oxygen atoms in total. The predicted molar refractivity (Wildman–Crippen MR) is 107 cm³/mol. The van der Waals surface area contributed by atoms with E-state index in [0.29, 0.717) is 6.42 Å². The fourth-order valence-corrected chi connectivity index (χ4v) is 3.36. The molecule has 3 N–H and O–H groups in total. The van der Waals surface area contributed by atoms with E-state index in [9.17, 15) is 4.79 Å². The number of aryl methyl sites for hydroxylation is 2. The van der Waals surface area contributed by atoms with Crippen LogP contribution in [0.25, 0.3) is 0 Å². The van der Waals surface area contributed by atoms with E-state index in [1.165, 1.54) is 5.56 Å². The van der Waals surface area contributed by atoms with E-state index >= 15 is 0 Å². The van der Waals surface area contributed by atoms with Crippen molar-refractivity contribution in [3.63, 3.8) is 0 Å². The first-order valence-electron chi connectivity index (χ1n) is 9.92. The van der Waals surface area contributed by atoms with E-state index in [-0.39, 0.29) is 18.1 Å². The molecule has 0 aromatic heterocycles. The number of esters is 1. The van der Waals surface area contributed by atoms with Crippen LogP contribution < -0.4 is 15.2 Å². The third kappa shape index (κ3) is 5.26. The highest BCUT2D eigenvalue weighted by molar-refractivity contribution is 5.74. The van der Waals surface area contributed by atoms with Gasteiger partial charge >= 0.3 is 5.97 Å². The molecular formula is C23H30NO4+. The lowest BCUT2D eigenvalue weighted by Gasteiger charge is -2.31. The lowest BCUT2D eigenvalue weighted by Crippen LogP contribution is -2.65. The first kappa shape index (κ1) is 20.2. The molecule has 1 aliphatic heterocycles. The lowest BCUT2D eigenvalue weighted by atomic mass is 10.0. The monoisotopic (exact) mass is 384 g/mol. The summed E-state index contributed by atoms with van der Waals surface area (Å²) in [6.07, 6.45) is 1.15. The Morgan fingerprint density at radius 2 is 1.43 bits per heavy atom. The molecule has 4 atom stereocenters. The molecule has 0 radical (unpaired) electrons. The molecular weight excluding hydrogens is 354 g/mol. The molecule has 3 rings (SSSR count). The molecule has 2 aromatic carbocycles. The number of carbonyl (C=O) groups excluding carboxylic acids is 1. The van der Waals surface area contributed by atoms with Gasteiger partial charge in [0.2, 0.25) is 0 Å². The highest BCUT2D eigenvalue weighted by Crippen LogP contribution is 2.26. The highest BCUT2D eigenvalue weighted by Gasteiger charge is 2.36. The lowest BCUT2D eigenvalue weighted by molar-refractivity contribution is -0.410. The Kier molecular flexibility index (Phi) is 6.57. The zero-order valence-electron chi connectivity index (χ0n) is 16.9. The minimum absolute atomic E-state index is 0.239. The summed E-state index contributed by atoms with van der Waals surface area (Å²) in [4.78, 5) is 12.3. The average Bonchev–Trinajstić information content (AvgIpc) is 2.71. The molecule has 0 aliphatic carbocycles. The van der Waals surface area contributed by atoms with Crippen LogP contribution in [-0.2, 0) is 9.53 Å². The minimum atomic E-state index is -0.452. The van der Waals surface area contributed by atoms with Crippen molar-refractivity contribution in [2.45, 2.75) is 64.4 Å². The Hall–Kier alpha value is -2.53. The topological polar surface area (TPSA) is 72.4 Å². The Balaban J connectivity index is 1.86. The smallest absolute Gasteiger partial charge is 0.365 e. The largest absolute Gasteiger partial charge is 0.486 e. The Morgan fingerprint density at radius 1 is 0.893 bits per heavy atom. The van der Waals surface area contributed by atoms with Gasteiger partial charge in [-0.05, 0) is 57.9 Å². The molecule has 0 amide bonds. The van der Waals surface area contributed by atoms with Crippen LogP contribution in [0.1, 0.15) is 37.3 Å². The van der Waals surface area contributed by atoms with Gasteiger partial charge in [0.1, 0.15) is 23.7 Å². The van der Waals surface area contributed by atoms with Gasteiger partial charge in [-0.3, -0.25) is 0 Å². The van der Waals surface area contributed by atoms with Gasteiger partial charge in [0, 0.05) is 6.42 Å². The minimum Gasteiger partial charge on any atom is -0.486 e. The summed E-state index contributed by atoms with van der Waals surface area (Å²) in [6.45, 7) is 5.94. The van der Waals surface area contributed by atoms with Gasteiger partial charge in [0.05, 0.1) is 0 Å². The number of ether oxygens (including phenoxy) is 3. The molecule has 1 fully saturated rings. The Morgan fingerprint density at radius 3 is 2.00 bits per heavy atom. The van der Waals surface area contributed by atoms with Crippen molar-refractivity contribution in [2.75, 3.05) is 0 Å². The van der Waals surface area contributed by atoms with E-state index in [1.54, 1.807) is 0 Å². The van der Waals surface area contributed by atoms with Crippen molar-refractivity contribution in [1.82, 2.24) is 0 Å². The zero-order valence-corrected chi connectivity index (χ0v) is 16.9. The third-order valence-corrected chi connectivity index (χ3v) is 5.11. The molecule has 0 unspecified atom stereocenters. The molecule has 2 aromatic rings. The van der Waals surface area contributed by atoms with Crippen molar-refractivity contribution >= 4 is 5.97 Å². The van der Waals surface area contributed by atoms with Crippen LogP contribution in [0.3, 0.4) is 0 Å². The maximum absolute atomic E-state index is 12.3. The van der Waals surface area contributed by atoms with Crippen LogP contribution in [0, 0.1) is 13.8 Å². The van der Waals surface area contributed by atoms with Gasteiger partial charge in [-0.15, -0.1) is 0 Å². The van der Waals surface area contributed by atoms with Crippen LogP contribution in [0.15, 0.2) is 48.5 Å². The standard InChI is InChI=1S/C23H29NO4/c1-15-7-11-18(12-8-15)27-21-6-4-5-20(24)23(25)26-17(3)22(21)28-19-13-9-16(2)10-14-19/h7-14,17,20-22H,4-6,24H2,1-3H3/p+1/t17-,20-,21-,22-/m0/s1. The molecule has 1 saturated heterocycles. The second-order valence-corrected chi connectivity index (χ2v) is 7.63. The molecule has 1 aliphatic rings. The maximum atomic E-state index is 12.3. The van der Waals surface area contributed by atoms with E-state index in [4.69, 9.17) is 14.2 Å². The quantitative estimate of drug-likeness (QED) is 0.822. The van der Waals surface area contributed by atoms with Gasteiger partial charge in [0.15, 0.2) is 12.1 Å². The van der Waals surface area contributed by atoms with Crippen molar-refractivity contribution in [2.24, 2.45) is 0 Å². The number of rotatable bonds is 4. The van der Waals surface area contributed by atoms with Crippen molar-refractivity contribution < 1.29 is 24.7 Å². The highest BCUT2D eigenvalue weighted by atomic mass is 16.6. The van der Waals surface area contributed by atoms with E-state index in [1.807, 2.05) is 69.3 Å². The number of carbonyl (C=O) groups is 1. The average molecular weight is 384 g/mol. The first-order valence-corrected chi connectivity index (χ1v) is 9.92. The van der Waals surface area contributed by atoms with Crippen molar-refractivity contribution in [3.05, 3.63) is 59.7 Å². The number of hydrogen-bond acceptors (Lipinski definition) is 4. The van der Waals surface area contributed by atoms with Gasteiger partial charge in [-0.1, -0.05) is 35.4 Å². The molecule has 150 valence electrons. The fraction of sp³-hybridized carbons (Fsp3) is 0.435. The zero-order chi connectivity index (χ0) is 20.1.